The van der Waals surface area contributed by atoms with Gasteiger partial charge < -0.3 is 24.8 Å². The third-order valence-corrected chi connectivity index (χ3v) is 5.47. The highest BCUT2D eigenvalue weighted by molar-refractivity contribution is 5.89. The molecule has 0 bridgehead atoms. The van der Waals surface area contributed by atoms with Gasteiger partial charge in [-0.3, -0.25) is 0 Å². The van der Waals surface area contributed by atoms with Crippen LogP contribution in [-0.2, 0) is 16.0 Å². The van der Waals surface area contributed by atoms with E-state index in [1.54, 1.807) is 31.2 Å². The number of unbranched alkanes of at least 4 members (excludes halogenated alkanes) is 2. The lowest BCUT2D eigenvalue weighted by Crippen LogP contribution is -2.38. The van der Waals surface area contributed by atoms with Gasteiger partial charge in [0, 0.05) is 32.1 Å². The van der Waals surface area contributed by atoms with Crippen LogP contribution in [0, 0.1) is 11.6 Å². The number of nitrogens with zero attached hydrogens (tertiary/aromatic N) is 1. The van der Waals surface area contributed by atoms with Crippen molar-refractivity contribution >= 4 is 17.7 Å². The van der Waals surface area contributed by atoms with Gasteiger partial charge in [0.2, 0.25) is 0 Å². The van der Waals surface area contributed by atoms with Crippen LogP contribution in [0.25, 0.3) is 0 Å². The van der Waals surface area contributed by atoms with E-state index in [1.807, 2.05) is 0 Å². The van der Waals surface area contributed by atoms with Crippen molar-refractivity contribution in [1.29, 1.82) is 0 Å². The lowest BCUT2D eigenvalue weighted by Gasteiger charge is -2.23. The van der Waals surface area contributed by atoms with E-state index in [0.717, 1.165) is 17.7 Å². The van der Waals surface area contributed by atoms with Crippen molar-refractivity contribution in [2.75, 3.05) is 31.6 Å². The fourth-order valence-electron chi connectivity index (χ4n) is 3.53. The molecule has 2 amide bonds. The molecule has 2 aromatic rings. The summed E-state index contributed by atoms with van der Waals surface area (Å²) in [5.41, 5.74) is 0.487. The van der Waals surface area contributed by atoms with Gasteiger partial charge in [0.1, 0.15) is 24.0 Å². The van der Waals surface area contributed by atoms with E-state index in [-0.39, 0.29) is 57.7 Å². The highest BCUT2D eigenvalue weighted by Gasteiger charge is 2.26. The second-order valence-corrected chi connectivity index (χ2v) is 8.45. The van der Waals surface area contributed by atoms with Crippen LogP contribution >= 0.6 is 0 Å². The fraction of sp³-hybridized carbons (Fsp3) is 0.462. The Kier molecular flexibility index (Phi) is 12.3. The number of alkyl halides is 3. The number of benzene rings is 2. The predicted molar refractivity (Wildman–Crippen MR) is 130 cm³/mol. The molecular formula is C26H31F5N2O5. The zero-order chi connectivity index (χ0) is 28.1. The number of hydrogen-bond acceptors (Lipinski definition) is 4. The summed E-state index contributed by atoms with van der Waals surface area (Å²) in [5.74, 6) is -2.39. The smallest absolute Gasteiger partial charge is 0.389 e. The molecule has 0 aromatic heterocycles. The van der Waals surface area contributed by atoms with Crippen LogP contribution in [0.3, 0.4) is 0 Å². The third-order valence-electron chi connectivity index (χ3n) is 5.47. The first kappa shape index (κ1) is 30.8. The SMILES string of the molecule is CCOC(Cc1ccc(OCCN(CCCCCC(F)(F)F)C(=O)Nc2ccc(F)cc2F)cc1)C(=O)O. The van der Waals surface area contributed by atoms with Gasteiger partial charge in [-0.1, -0.05) is 18.6 Å². The summed E-state index contributed by atoms with van der Waals surface area (Å²) >= 11 is 0. The minimum atomic E-state index is -4.25. The molecule has 12 heteroatoms. The number of carboxylic acids is 1. The first-order valence-corrected chi connectivity index (χ1v) is 12.1. The van der Waals surface area contributed by atoms with E-state index in [9.17, 15) is 36.6 Å². The number of carbonyl (C=O) groups is 2. The maximum absolute atomic E-state index is 14.0. The Morgan fingerprint density at radius 3 is 2.34 bits per heavy atom. The maximum atomic E-state index is 14.0. The van der Waals surface area contributed by atoms with E-state index in [2.05, 4.69) is 5.32 Å². The largest absolute Gasteiger partial charge is 0.492 e. The van der Waals surface area contributed by atoms with E-state index >= 15 is 0 Å². The van der Waals surface area contributed by atoms with Gasteiger partial charge in [0.15, 0.2) is 6.10 Å². The predicted octanol–water partition coefficient (Wildman–Crippen LogP) is 6.03. The van der Waals surface area contributed by atoms with E-state index < -0.39 is 42.3 Å². The number of carbonyl (C=O) groups excluding carboxylic acids is 1. The van der Waals surface area contributed by atoms with Gasteiger partial charge in [-0.05, 0) is 49.6 Å². The van der Waals surface area contributed by atoms with E-state index in [0.29, 0.717) is 11.8 Å². The molecule has 210 valence electrons. The van der Waals surface area contributed by atoms with Crippen molar-refractivity contribution in [2.45, 2.75) is 51.3 Å². The molecule has 0 spiro atoms. The van der Waals surface area contributed by atoms with Crippen LogP contribution in [0.15, 0.2) is 42.5 Å². The fourth-order valence-corrected chi connectivity index (χ4v) is 3.53. The molecule has 1 unspecified atom stereocenters. The van der Waals surface area contributed by atoms with E-state index in [1.165, 1.54) is 4.90 Å². The number of rotatable bonds is 15. The highest BCUT2D eigenvalue weighted by Crippen LogP contribution is 2.23. The van der Waals surface area contributed by atoms with Crippen molar-refractivity contribution in [2.24, 2.45) is 0 Å². The number of carboxylic acid groups (broad SMARTS) is 1. The topological polar surface area (TPSA) is 88.1 Å². The number of nitrogens with one attached hydrogen (secondary N) is 1. The van der Waals surface area contributed by atoms with Gasteiger partial charge in [-0.2, -0.15) is 13.2 Å². The lowest BCUT2D eigenvalue weighted by atomic mass is 10.1. The molecule has 0 saturated heterocycles. The Morgan fingerprint density at radius 2 is 1.74 bits per heavy atom. The molecule has 0 heterocycles. The molecule has 0 fully saturated rings. The van der Waals surface area contributed by atoms with Crippen LogP contribution in [0.5, 0.6) is 5.75 Å². The number of hydrogen-bond donors (Lipinski definition) is 2. The second-order valence-electron chi connectivity index (χ2n) is 8.45. The van der Waals surface area contributed by atoms with Crippen LogP contribution < -0.4 is 10.1 Å². The Labute approximate surface area is 217 Å². The number of anilines is 1. The minimum Gasteiger partial charge on any atom is -0.492 e. The maximum Gasteiger partial charge on any atom is 0.389 e. The molecule has 1 atom stereocenters. The van der Waals surface area contributed by atoms with Crippen molar-refractivity contribution < 1.29 is 46.1 Å². The third kappa shape index (κ3) is 11.3. The number of ether oxygens (including phenoxy) is 2. The zero-order valence-corrected chi connectivity index (χ0v) is 20.9. The summed E-state index contributed by atoms with van der Waals surface area (Å²) < 4.78 is 75.1. The quantitative estimate of drug-likeness (QED) is 0.210. The Morgan fingerprint density at radius 1 is 1.03 bits per heavy atom. The highest BCUT2D eigenvalue weighted by atomic mass is 19.4. The Hall–Kier alpha value is -3.41. The summed E-state index contributed by atoms with van der Waals surface area (Å²) in [5, 5.41) is 11.6. The molecule has 0 radical (unpaired) electrons. The monoisotopic (exact) mass is 546 g/mol. The van der Waals surface area contributed by atoms with Crippen LogP contribution in [0.1, 0.15) is 38.2 Å². The second kappa shape index (κ2) is 15.1. The number of urea groups is 1. The van der Waals surface area contributed by atoms with Gasteiger partial charge in [0.25, 0.3) is 0 Å². The van der Waals surface area contributed by atoms with Crippen molar-refractivity contribution in [1.82, 2.24) is 4.90 Å². The average molecular weight is 547 g/mol. The number of aliphatic carboxylic acids is 1. The first-order chi connectivity index (χ1) is 18.0. The van der Waals surface area contributed by atoms with E-state index in [4.69, 9.17) is 9.47 Å². The van der Waals surface area contributed by atoms with Crippen LogP contribution in [0.4, 0.5) is 32.4 Å². The molecule has 0 aliphatic carbocycles. The van der Waals surface area contributed by atoms with Crippen molar-refractivity contribution in [3.63, 3.8) is 0 Å². The molecule has 0 aliphatic heterocycles. The van der Waals surface area contributed by atoms with Crippen molar-refractivity contribution in [3.05, 3.63) is 59.7 Å². The van der Waals surface area contributed by atoms with Gasteiger partial charge in [-0.15, -0.1) is 0 Å². The summed E-state index contributed by atoms with van der Waals surface area (Å²) in [6.07, 6.45) is -5.54. The number of halogens is 5. The molecule has 2 rings (SSSR count). The molecular weight excluding hydrogens is 515 g/mol. The molecule has 0 saturated carbocycles. The van der Waals surface area contributed by atoms with Crippen LogP contribution in [0.2, 0.25) is 0 Å². The van der Waals surface area contributed by atoms with Gasteiger partial charge >= 0.3 is 18.2 Å². The summed E-state index contributed by atoms with van der Waals surface area (Å²) in [4.78, 5) is 25.3. The Bertz CT molecular complexity index is 1030. The first-order valence-electron chi connectivity index (χ1n) is 12.1. The minimum absolute atomic E-state index is 0.0257. The number of amides is 2. The molecule has 38 heavy (non-hydrogen) atoms. The summed E-state index contributed by atoms with van der Waals surface area (Å²) in [6, 6.07) is 8.62. The molecule has 0 aliphatic rings. The molecule has 7 nitrogen and oxygen atoms in total. The standard InChI is InChI=1S/C26H31F5N2O5/c1-2-37-23(24(34)35)16-18-6-9-20(10-7-18)38-15-14-33(13-5-3-4-12-26(29,30)31)25(36)32-22-11-8-19(27)17-21(22)28/h6-11,17,23H,2-5,12-16H2,1H3,(H,32,36)(H,34,35). The Balaban J connectivity index is 1.94. The summed E-state index contributed by atoms with van der Waals surface area (Å²) in [6.45, 7) is 2.13. The van der Waals surface area contributed by atoms with Gasteiger partial charge in [0.05, 0.1) is 12.2 Å². The van der Waals surface area contributed by atoms with Crippen LogP contribution in [-0.4, -0.2) is 60.6 Å². The lowest BCUT2D eigenvalue weighted by molar-refractivity contribution is -0.150. The average Bonchev–Trinajstić information content (AvgIpc) is 2.84. The molecule has 2 N–H and O–H groups in total. The molecule has 2 aromatic carbocycles. The van der Waals surface area contributed by atoms with Gasteiger partial charge in [-0.25, -0.2) is 18.4 Å². The normalized spacial score (nSPS) is 12.2. The zero-order valence-electron chi connectivity index (χ0n) is 20.9. The van der Waals surface area contributed by atoms with Crippen molar-refractivity contribution in [3.8, 4) is 5.75 Å². The summed E-state index contributed by atoms with van der Waals surface area (Å²) in [7, 11) is 0.